The molecule has 24 heavy (non-hydrogen) atoms. The maximum atomic E-state index is 11.1. The van der Waals surface area contributed by atoms with E-state index in [2.05, 4.69) is 6.92 Å². The Hall–Kier alpha value is -2.57. The molecule has 0 radical (unpaired) electrons. The van der Waals surface area contributed by atoms with Gasteiger partial charge in [0.2, 0.25) is 5.91 Å². The minimum atomic E-state index is -0.558. The first-order valence-electron chi connectivity index (χ1n) is 7.98. The molecule has 7 heteroatoms. The first-order valence-corrected chi connectivity index (χ1v) is 7.98. The van der Waals surface area contributed by atoms with Crippen LogP contribution in [0.25, 0.3) is 0 Å². The summed E-state index contributed by atoms with van der Waals surface area (Å²) in [5, 5.41) is 0. The van der Waals surface area contributed by atoms with E-state index in [1.807, 2.05) is 0 Å². The van der Waals surface area contributed by atoms with Crippen molar-refractivity contribution in [3.8, 4) is 0 Å². The summed E-state index contributed by atoms with van der Waals surface area (Å²) in [4.78, 5) is 55.9. The van der Waals surface area contributed by atoms with Crippen molar-refractivity contribution in [2.24, 2.45) is 0 Å². The fourth-order valence-electron chi connectivity index (χ4n) is 2.24. The highest BCUT2D eigenvalue weighted by molar-refractivity contribution is 6.22. The second kappa shape index (κ2) is 9.54. The van der Waals surface area contributed by atoms with Crippen LogP contribution in [0, 0.1) is 0 Å². The lowest BCUT2D eigenvalue weighted by Crippen LogP contribution is -2.34. The van der Waals surface area contributed by atoms with Crippen LogP contribution < -0.4 is 0 Å². The smallest absolute Gasteiger partial charge is 0.260 e. The van der Waals surface area contributed by atoms with Crippen molar-refractivity contribution in [2.45, 2.75) is 46.0 Å². The molecular weight excluding hydrogens is 312 g/mol. The number of unbranched alkanes of at least 4 members (excludes halogenated alkanes) is 4. The third-order valence-corrected chi connectivity index (χ3v) is 3.51. The van der Waals surface area contributed by atoms with E-state index in [1.165, 1.54) is 43.2 Å². The maximum absolute atomic E-state index is 11.1. The summed E-state index contributed by atoms with van der Waals surface area (Å²) in [5.41, 5.74) is 0. The molecule has 2 heterocycles. The predicted octanol–water partition coefficient (Wildman–Crippen LogP) is 1.34. The van der Waals surface area contributed by atoms with Crippen LogP contribution in [0.2, 0.25) is 0 Å². The number of amides is 5. The number of imide groups is 4. The fourth-order valence-corrected chi connectivity index (χ4v) is 2.24. The standard InChI is InChI=1S/C11H17NO2.C6H5NO3/c1-2-3-4-5-6-9-12-10(13)7-8-11(12)14;1-4(8)7-5(9)2-3-6(7)10/h7-8H,2-6,9H2,1H3;2-3H,1H3. The third kappa shape index (κ3) is 5.57. The minimum absolute atomic E-state index is 0.162. The van der Waals surface area contributed by atoms with E-state index in [4.69, 9.17) is 0 Å². The average Bonchev–Trinajstić information content (AvgIpc) is 3.03. The van der Waals surface area contributed by atoms with Crippen LogP contribution in [0.3, 0.4) is 0 Å². The molecule has 0 bridgehead atoms. The lowest BCUT2D eigenvalue weighted by molar-refractivity contribution is -0.147. The fraction of sp³-hybridized carbons (Fsp3) is 0.471. The first kappa shape index (κ1) is 19.5. The summed E-state index contributed by atoms with van der Waals surface area (Å²) in [6.45, 7) is 3.91. The highest BCUT2D eigenvalue weighted by Crippen LogP contribution is 2.08. The van der Waals surface area contributed by atoms with Crippen molar-refractivity contribution in [2.75, 3.05) is 6.54 Å². The Morgan fingerprint density at radius 2 is 1.25 bits per heavy atom. The number of carbonyl (C=O) groups is 5. The Morgan fingerprint density at radius 3 is 1.67 bits per heavy atom. The van der Waals surface area contributed by atoms with Gasteiger partial charge in [-0.3, -0.25) is 28.9 Å². The summed E-state index contributed by atoms with van der Waals surface area (Å²) < 4.78 is 0. The molecule has 0 aliphatic carbocycles. The molecule has 130 valence electrons. The van der Waals surface area contributed by atoms with Gasteiger partial charge in [0.05, 0.1) is 0 Å². The highest BCUT2D eigenvalue weighted by Gasteiger charge is 2.26. The molecule has 0 N–H and O–H groups in total. The second-order valence-electron chi connectivity index (χ2n) is 5.44. The molecule has 5 amide bonds. The van der Waals surface area contributed by atoms with Gasteiger partial charge in [0.1, 0.15) is 0 Å². The molecule has 2 aliphatic rings. The third-order valence-electron chi connectivity index (χ3n) is 3.51. The Morgan fingerprint density at radius 1 is 0.792 bits per heavy atom. The second-order valence-corrected chi connectivity index (χ2v) is 5.44. The topological polar surface area (TPSA) is 91.8 Å². The number of nitrogens with zero attached hydrogens (tertiary/aromatic N) is 2. The van der Waals surface area contributed by atoms with E-state index in [0.29, 0.717) is 11.4 Å². The van der Waals surface area contributed by atoms with Gasteiger partial charge in [-0.1, -0.05) is 32.6 Å². The molecule has 2 aliphatic heterocycles. The average molecular weight is 334 g/mol. The van der Waals surface area contributed by atoms with Crippen molar-refractivity contribution in [3.05, 3.63) is 24.3 Å². The molecule has 0 saturated carbocycles. The molecule has 0 atom stereocenters. The van der Waals surface area contributed by atoms with Crippen LogP contribution in [0.5, 0.6) is 0 Å². The number of rotatable bonds is 6. The van der Waals surface area contributed by atoms with Crippen molar-refractivity contribution in [1.82, 2.24) is 9.80 Å². The Balaban J connectivity index is 0.000000254. The van der Waals surface area contributed by atoms with Crippen LogP contribution in [0.1, 0.15) is 46.0 Å². The van der Waals surface area contributed by atoms with E-state index < -0.39 is 17.7 Å². The molecule has 0 spiro atoms. The van der Waals surface area contributed by atoms with Gasteiger partial charge in [-0.25, -0.2) is 4.90 Å². The predicted molar refractivity (Wildman–Crippen MR) is 86.3 cm³/mol. The van der Waals surface area contributed by atoms with Crippen LogP contribution in [0.15, 0.2) is 24.3 Å². The van der Waals surface area contributed by atoms with E-state index in [-0.39, 0.29) is 11.8 Å². The van der Waals surface area contributed by atoms with Gasteiger partial charge in [0.25, 0.3) is 23.6 Å². The van der Waals surface area contributed by atoms with Gasteiger partial charge in [-0.05, 0) is 6.42 Å². The van der Waals surface area contributed by atoms with Crippen molar-refractivity contribution < 1.29 is 24.0 Å². The maximum Gasteiger partial charge on any atom is 0.260 e. The van der Waals surface area contributed by atoms with E-state index >= 15 is 0 Å². The van der Waals surface area contributed by atoms with Crippen LogP contribution in [-0.4, -0.2) is 45.9 Å². The quantitative estimate of drug-likeness (QED) is 0.540. The van der Waals surface area contributed by atoms with Gasteiger partial charge in [0.15, 0.2) is 0 Å². The largest absolute Gasteiger partial charge is 0.275 e. The summed E-state index contributed by atoms with van der Waals surface area (Å²) in [7, 11) is 0. The number of carbonyl (C=O) groups excluding carboxylic acids is 5. The highest BCUT2D eigenvalue weighted by atomic mass is 16.2. The van der Waals surface area contributed by atoms with Gasteiger partial charge in [0, 0.05) is 37.8 Å². The molecular formula is C17H22N2O5. The summed E-state index contributed by atoms with van der Waals surface area (Å²) in [6.07, 6.45) is 10.5. The SMILES string of the molecule is CC(=O)N1C(=O)C=CC1=O.CCCCCCCN1C(=O)C=CC1=O. The van der Waals surface area contributed by atoms with Crippen molar-refractivity contribution in [3.63, 3.8) is 0 Å². The lowest BCUT2D eigenvalue weighted by atomic mass is 10.1. The summed E-state index contributed by atoms with van der Waals surface area (Å²) in [6, 6.07) is 0. The van der Waals surface area contributed by atoms with Crippen LogP contribution in [-0.2, 0) is 24.0 Å². The van der Waals surface area contributed by atoms with E-state index in [1.54, 1.807) is 0 Å². The zero-order valence-corrected chi connectivity index (χ0v) is 14.0. The van der Waals surface area contributed by atoms with E-state index in [0.717, 1.165) is 25.0 Å². The van der Waals surface area contributed by atoms with E-state index in [9.17, 15) is 24.0 Å². The van der Waals surface area contributed by atoms with Crippen molar-refractivity contribution >= 4 is 29.5 Å². The van der Waals surface area contributed by atoms with Crippen molar-refractivity contribution in [1.29, 1.82) is 0 Å². The molecule has 0 fully saturated rings. The zero-order chi connectivity index (χ0) is 18.1. The summed E-state index contributed by atoms with van der Waals surface area (Å²) in [5.74, 6) is -1.98. The monoisotopic (exact) mass is 334 g/mol. The molecule has 2 rings (SSSR count). The molecule has 0 saturated heterocycles. The Bertz CT molecular complexity index is 556. The normalized spacial score (nSPS) is 16.1. The van der Waals surface area contributed by atoms with Gasteiger partial charge in [-0.2, -0.15) is 0 Å². The van der Waals surface area contributed by atoms with Crippen LogP contribution >= 0.6 is 0 Å². The summed E-state index contributed by atoms with van der Waals surface area (Å²) >= 11 is 0. The molecule has 0 unspecified atom stereocenters. The molecule has 0 aromatic carbocycles. The van der Waals surface area contributed by atoms with Gasteiger partial charge < -0.3 is 0 Å². The van der Waals surface area contributed by atoms with Crippen LogP contribution in [0.4, 0.5) is 0 Å². The minimum Gasteiger partial charge on any atom is -0.275 e. The molecule has 0 aromatic rings. The molecule has 7 nitrogen and oxygen atoms in total. The number of hydrogen-bond acceptors (Lipinski definition) is 5. The zero-order valence-electron chi connectivity index (χ0n) is 14.0. The molecule has 0 aromatic heterocycles. The first-order chi connectivity index (χ1) is 11.4. The van der Waals surface area contributed by atoms with Gasteiger partial charge in [-0.15, -0.1) is 0 Å². The van der Waals surface area contributed by atoms with Gasteiger partial charge >= 0.3 is 0 Å². The Kier molecular flexibility index (Phi) is 7.74. The lowest BCUT2D eigenvalue weighted by Gasteiger charge is -2.12. The Labute approximate surface area is 141 Å². The number of hydrogen-bond donors (Lipinski definition) is 0.